The molecule has 3 rings (SSSR count). The average Bonchev–Trinajstić information content (AvgIpc) is 3.09. The molecular formula is C20H29NO2S. The first-order valence-corrected chi connectivity index (χ1v) is 10.1. The Bertz CT molecular complexity index is 597. The lowest BCUT2D eigenvalue weighted by molar-refractivity contribution is 0.0355. The maximum atomic E-state index is 13.2. The number of aryl methyl sites for hydroxylation is 1. The summed E-state index contributed by atoms with van der Waals surface area (Å²) in [7, 11) is 0. The maximum absolute atomic E-state index is 13.2. The highest BCUT2D eigenvalue weighted by Gasteiger charge is 2.33. The highest BCUT2D eigenvalue weighted by molar-refractivity contribution is 8.00. The summed E-state index contributed by atoms with van der Waals surface area (Å²) >= 11 is 1.89. The van der Waals surface area contributed by atoms with Gasteiger partial charge >= 0.3 is 0 Å². The van der Waals surface area contributed by atoms with Crippen LogP contribution >= 0.6 is 11.8 Å². The normalized spacial score (nSPS) is 25.2. The lowest BCUT2D eigenvalue weighted by atomic mass is 9.82. The molecule has 1 amide bonds. The minimum absolute atomic E-state index is 0.138. The summed E-state index contributed by atoms with van der Waals surface area (Å²) in [6, 6.07) is 6.29. The number of likely N-dealkylation sites (tertiary alicyclic amines) is 1. The molecule has 24 heavy (non-hydrogen) atoms. The predicted octanol–water partition coefficient (Wildman–Crippen LogP) is 4.26. The van der Waals surface area contributed by atoms with E-state index in [1.165, 1.54) is 25.7 Å². The molecule has 0 bridgehead atoms. The predicted molar refractivity (Wildman–Crippen MR) is 99.6 cm³/mol. The molecule has 0 spiro atoms. The van der Waals surface area contributed by atoms with Gasteiger partial charge in [-0.2, -0.15) is 0 Å². The van der Waals surface area contributed by atoms with Crippen LogP contribution in [0.25, 0.3) is 0 Å². The Labute approximate surface area is 149 Å². The molecule has 1 heterocycles. The van der Waals surface area contributed by atoms with E-state index in [9.17, 15) is 9.90 Å². The van der Waals surface area contributed by atoms with E-state index in [1.807, 2.05) is 22.7 Å². The zero-order valence-corrected chi connectivity index (χ0v) is 15.7. The van der Waals surface area contributed by atoms with Crippen molar-refractivity contribution in [3.05, 3.63) is 29.3 Å². The summed E-state index contributed by atoms with van der Waals surface area (Å²) in [5.74, 6) is 0.138. The lowest BCUT2D eigenvalue weighted by Crippen LogP contribution is -2.46. The van der Waals surface area contributed by atoms with E-state index in [0.717, 1.165) is 35.4 Å². The minimum Gasteiger partial charge on any atom is -0.396 e. The number of rotatable bonds is 4. The van der Waals surface area contributed by atoms with Crippen LogP contribution < -0.4 is 0 Å². The highest BCUT2D eigenvalue weighted by Crippen LogP contribution is 2.37. The highest BCUT2D eigenvalue weighted by atomic mass is 32.2. The first-order valence-electron chi connectivity index (χ1n) is 9.18. The van der Waals surface area contributed by atoms with Crippen molar-refractivity contribution in [1.82, 2.24) is 4.90 Å². The van der Waals surface area contributed by atoms with Crippen LogP contribution in [0.4, 0.5) is 0 Å². The van der Waals surface area contributed by atoms with Crippen LogP contribution in [0, 0.1) is 12.3 Å². The molecule has 1 saturated heterocycles. The van der Waals surface area contributed by atoms with Crippen LogP contribution in [0.3, 0.4) is 0 Å². The fraction of sp³-hybridized carbons (Fsp3) is 0.650. The molecule has 1 unspecified atom stereocenters. The van der Waals surface area contributed by atoms with Crippen molar-refractivity contribution < 1.29 is 9.90 Å². The standard InChI is InChI=1S/C20H29NO2S/c1-15-8-9-18(24-16-6-3-4-7-16)17(12-15)19(23)21-11-5-10-20(2,13-21)14-22/h8-9,12,16,22H,3-7,10-11,13-14H2,1-2H3. The van der Waals surface area contributed by atoms with E-state index in [1.54, 1.807) is 0 Å². The molecule has 132 valence electrons. The number of aliphatic hydroxyl groups is 1. The van der Waals surface area contributed by atoms with Crippen molar-refractivity contribution in [3.8, 4) is 0 Å². The Hall–Kier alpha value is -1.00. The first-order chi connectivity index (χ1) is 11.5. The lowest BCUT2D eigenvalue weighted by Gasteiger charge is -2.39. The molecule has 1 aliphatic heterocycles. The van der Waals surface area contributed by atoms with Gasteiger partial charge in [-0.15, -0.1) is 11.8 Å². The molecule has 3 nitrogen and oxygen atoms in total. The Balaban J connectivity index is 1.81. The van der Waals surface area contributed by atoms with Crippen molar-refractivity contribution in [2.24, 2.45) is 5.41 Å². The van der Waals surface area contributed by atoms with E-state index >= 15 is 0 Å². The van der Waals surface area contributed by atoms with E-state index in [4.69, 9.17) is 0 Å². The molecule has 2 aliphatic rings. The van der Waals surface area contributed by atoms with Crippen molar-refractivity contribution >= 4 is 17.7 Å². The number of nitrogens with zero attached hydrogens (tertiary/aromatic N) is 1. The van der Waals surface area contributed by atoms with Gasteiger partial charge in [0.2, 0.25) is 0 Å². The van der Waals surface area contributed by atoms with Crippen LogP contribution in [0.5, 0.6) is 0 Å². The molecule has 4 heteroatoms. The number of amides is 1. The summed E-state index contributed by atoms with van der Waals surface area (Å²) < 4.78 is 0. The van der Waals surface area contributed by atoms with Gasteiger partial charge in [0.05, 0.1) is 12.2 Å². The Kier molecular flexibility index (Phi) is 5.56. The van der Waals surface area contributed by atoms with Crippen LogP contribution in [0.2, 0.25) is 0 Å². The molecule has 0 aromatic heterocycles. The number of benzene rings is 1. The van der Waals surface area contributed by atoms with Crippen LogP contribution in [-0.2, 0) is 0 Å². The number of aliphatic hydroxyl groups excluding tert-OH is 1. The summed E-state index contributed by atoms with van der Waals surface area (Å²) in [6.45, 7) is 5.74. The number of carbonyl (C=O) groups is 1. The summed E-state index contributed by atoms with van der Waals surface area (Å²) in [5.41, 5.74) is 1.83. The van der Waals surface area contributed by atoms with Gasteiger partial charge in [0.15, 0.2) is 0 Å². The fourth-order valence-electron chi connectivity index (χ4n) is 3.89. The van der Waals surface area contributed by atoms with Crippen molar-refractivity contribution in [1.29, 1.82) is 0 Å². The van der Waals surface area contributed by atoms with Gasteiger partial charge in [0.1, 0.15) is 0 Å². The molecule has 2 fully saturated rings. The maximum Gasteiger partial charge on any atom is 0.255 e. The summed E-state index contributed by atoms with van der Waals surface area (Å²) in [4.78, 5) is 16.3. The van der Waals surface area contributed by atoms with E-state index in [0.29, 0.717) is 11.8 Å². The Morgan fingerprint density at radius 3 is 2.79 bits per heavy atom. The monoisotopic (exact) mass is 347 g/mol. The number of piperidine rings is 1. The van der Waals surface area contributed by atoms with Gasteiger partial charge in [-0.25, -0.2) is 0 Å². The Morgan fingerprint density at radius 2 is 2.08 bits per heavy atom. The molecule has 1 saturated carbocycles. The van der Waals surface area contributed by atoms with Gasteiger partial charge in [0, 0.05) is 28.6 Å². The zero-order chi connectivity index (χ0) is 17.2. The number of thioether (sulfide) groups is 1. The molecule has 1 atom stereocenters. The van der Waals surface area contributed by atoms with Crippen LogP contribution in [-0.4, -0.2) is 40.9 Å². The topological polar surface area (TPSA) is 40.5 Å². The first kappa shape index (κ1) is 17.8. The summed E-state index contributed by atoms with van der Waals surface area (Å²) in [5, 5.41) is 10.3. The minimum atomic E-state index is -0.156. The van der Waals surface area contributed by atoms with Crippen LogP contribution in [0.15, 0.2) is 23.1 Å². The third kappa shape index (κ3) is 3.97. The number of hydrogen-bond acceptors (Lipinski definition) is 3. The summed E-state index contributed by atoms with van der Waals surface area (Å²) in [6.07, 6.45) is 7.11. The van der Waals surface area contributed by atoms with Crippen molar-refractivity contribution in [2.45, 2.75) is 62.5 Å². The van der Waals surface area contributed by atoms with Crippen LogP contribution in [0.1, 0.15) is 61.4 Å². The average molecular weight is 348 g/mol. The molecule has 1 N–H and O–H groups in total. The largest absolute Gasteiger partial charge is 0.396 e. The third-order valence-corrected chi connectivity index (χ3v) is 6.83. The van der Waals surface area contributed by atoms with Gasteiger partial charge in [-0.05, 0) is 44.7 Å². The third-order valence-electron chi connectivity index (χ3n) is 5.41. The van der Waals surface area contributed by atoms with Gasteiger partial charge in [0.25, 0.3) is 5.91 Å². The van der Waals surface area contributed by atoms with Gasteiger partial charge in [-0.3, -0.25) is 4.79 Å². The number of carbonyl (C=O) groups excluding carboxylic acids is 1. The molecule has 1 aliphatic carbocycles. The fourth-order valence-corrected chi connectivity index (χ4v) is 5.24. The van der Waals surface area contributed by atoms with E-state index in [2.05, 4.69) is 26.0 Å². The second-order valence-electron chi connectivity index (χ2n) is 7.82. The Morgan fingerprint density at radius 1 is 1.33 bits per heavy atom. The number of hydrogen-bond donors (Lipinski definition) is 1. The van der Waals surface area contributed by atoms with Crippen molar-refractivity contribution in [3.63, 3.8) is 0 Å². The van der Waals surface area contributed by atoms with Gasteiger partial charge in [-0.1, -0.05) is 31.4 Å². The molecule has 1 aromatic carbocycles. The quantitative estimate of drug-likeness (QED) is 0.884. The smallest absolute Gasteiger partial charge is 0.255 e. The van der Waals surface area contributed by atoms with E-state index < -0.39 is 0 Å². The molecule has 1 aromatic rings. The van der Waals surface area contributed by atoms with E-state index in [-0.39, 0.29) is 17.9 Å². The zero-order valence-electron chi connectivity index (χ0n) is 14.9. The second kappa shape index (κ2) is 7.49. The second-order valence-corrected chi connectivity index (χ2v) is 9.17. The van der Waals surface area contributed by atoms with Crippen molar-refractivity contribution in [2.75, 3.05) is 19.7 Å². The van der Waals surface area contributed by atoms with Gasteiger partial charge < -0.3 is 10.0 Å². The SMILES string of the molecule is Cc1ccc(SC2CCCC2)c(C(=O)N2CCCC(C)(CO)C2)c1. The molecular weight excluding hydrogens is 318 g/mol. The molecule has 0 radical (unpaired) electrons.